The van der Waals surface area contributed by atoms with Gasteiger partial charge in [0, 0.05) is 5.41 Å². The van der Waals surface area contributed by atoms with Gasteiger partial charge >= 0.3 is 5.97 Å². The van der Waals surface area contributed by atoms with E-state index in [9.17, 15) is 4.79 Å². The van der Waals surface area contributed by atoms with Crippen LogP contribution in [-0.2, 0) is 16.8 Å². The summed E-state index contributed by atoms with van der Waals surface area (Å²) in [5, 5.41) is 16.1. The highest BCUT2D eigenvalue weighted by Crippen LogP contribution is 2.32. The Morgan fingerprint density at radius 1 is 1.50 bits per heavy atom. The lowest BCUT2D eigenvalue weighted by molar-refractivity contribution is -0.148. The van der Waals surface area contributed by atoms with Crippen molar-refractivity contribution < 1.29 is 14.4 Å². The highest BCUT2D eigenvalue weighted by molar-refractivity contribution is 5.79. The highest BCUT2D eigenvalue weighted by atomic mass is 16.5. The predicted molar refractivity (Wildman–Crippen MR) is 64.1 cm³/mol. The van der Waals surface area contributed by atoms with Crippen molar-refractivity contribution in [1.82, 2.24) is 15.5 Å². The van der Waals surface area contributed by atoms with Crippen LogP contribution < -0.4 is 5.32 Å². The van der Waals surface area contributed by atoms with Crippen LogP contribution >= 0.6 is 0 Å². The minimum atomic E-state index is -0.798. The number of aliphatic carboxylic acids is 1. The Morgan fingerprint density at radius 2 is 2.17 bits per heavy atom. The molecule has 0 atom stereocenters. The SMILES string of the molecule is CC(C)(C)c1nc(CNC2(C(=O)O)CCC2)no1. The average Bonchev–Trinajstić information content (AvgIpc) is 2.63. The molecule has 1 saturated carbocycles. The molecule has 0 aromatic carbocycles. The number of hydrogen-bond donors (Lipinski definition) is 2. The van der Waals surface area contributed by atoms with Crippen molar-refractivity contribution in [3.8, 4) is 0 Å². The van der Waals surface area contributed by atoms with Crippen LogP contribution in [0.15, 0.2) is 4.52 Å². The Bertz CT molecular complexity index is 444. The third-order valence-corrected chi connectivity index (χ3v) is 3.31. The molecule has 1 heterocycles. The minimum absolute atomic E-state index is 0.188. The number of rotatable bonds is 4. The van der Waals surface area contributed by atoms with Gasteiger partial charge in [-0.25, -0.2) is 0 Å². The van der Waals surface area contributed by atoms with E-state index in [1.165, 1.54) is 0 Å². The number of aromatic nitrogens is 2. The van der Waals surface area contributed by atoms with Crippen LogP contribution in [0, 0.1) is 0 Å². The normalized spacial score (nSPS) is 18.4. The molecule has 2 N–H and O–H groups in total. The van der Waals surface area contributed by atoms with Crippen LogP contribution in [0.1, 0.15) is 51.7 Å². The number of carboxylic acid groups (broad SMARTS) is 1. The largest absolute Gasteiger partial charge is 0.480 e. The van der Waals surface area contributed by atoms with Gasteiger partial charge in [0.1, 0.15) is 5.54 Å². The van der Waals surface area contributed by atoms with Crippen molar-refractivity contribution in [3.05, 3.63) is 11.7 Å². The molecule has 2 rings (SSSR count). The van der Waals surface area contributed by atoms with E-state index in [2.05, 4.69) is 15.5 Å². The summed E-state index contributed by atoms with van der Waals surface area (Å²) in [6.45, 7) is 6.29. The monoisotopic (exact) mass is 253 g/mol. The fourth-order valence-electron chi connectivity index (χ4n) is 1.88. The van der Waals surface area contributed by atoms with Crippen LogP contribution in [0.4, 0.5) is 0 Å². The molecule has 6 nitrogen and oxygen atoms in total. The second-order valence-electron chi connectivity index (χ2n) is 5.86. The Morgan fingerprint density at radius 3 is 2.56 bits per heavy atom. The first-order chi connectivity index (χ1) is 8.33. The van der Waals surface area contributed by atoms with Crippen molar-refractivity contribution >= 4 is 5.97 Å². The molecule has 0 saturated heterocycles. The molecule has 0 aliphatic heterocycles. The maximum Gasteiger partial charge on any atom is 0.323 e. The smallest absolute Gasteiger partial charge is 0.323 e. The summed E-state index contributed by atoms with van der Waals surface area (Å²) in [4.78, 5) is 15.4. The van der Waals surface area contributed by atoms with E-state index in [0.29, 0.717) is 31.1 Å². The molecular formula is C12H19N3O3. The number of hydrogen-bond acceptors (Lipinski definition) is 5. The van der Waals surface area contributed by atoms with Gasteiger partial charge in [0.05, 0.1) is 6.54 Å². The second kappa shape index (κ2) is 4.35. The number of nitrogens with zero attached hydrogens (tertiary/aromatic N) is 2. The van der Waals surface area contributed by atoms with Crippen LogP contribution in [0.2, 0.25) is 0 Å². The van der Waals surface area contributed by atoms with E-state index < -0.39 is 11.5 Å². The van der Waals surface area contributed by atoms with Gasteiger partial charge in [-0.15, -0.1) is 0 Å². The summed E-state index contributed by atoms with van der Waals surface area (Å²) < 4.78 is 5.16. The van der Waals surface area contributed by atoms with Crippen LogP contribution in [0.3, 0.4) is 0 Å². The van der Waals surface area contributed by atoms with E-state index in [1.807, 2.05) is 20.8 Å². The van der Waals surface area contributed by atoms with Crippen molar-refractivity contribution in [2.45, 2.75) is 57.5 Å². The molecule has 0 spiro atoms. The minimum Gasteiger partial charge on any atom is -0.480 e. The van der Waals surface area contributed by atoms with Gasteiger partial charge in [0.2, 0.25) is 5.89 Å². The highest BCUT2D eigenvalue weighted by Gasteiger charge is 2.44. The standard InChI is InChI=1S/C12H19N3O3/c1-11(2,3)9-14-8(15-18-9)7-13-12(10(16)17)5-4-6-12/h13H,4-7H2,1-3H3,(H,16,17). The molecular weight excluding hydrogens is 234 g/mol. The fraction of sp³-hybridized carbons (Fsp3) is 0.750. The van der Waals surface area contributed by atoms with Gasteiger partial charge in [-0.3, -0.25) is 10.1 Å². The van der Waals surface area contributed by atoms with Gasteiger partial charge in [-0.1, -0.05) is 25.9 Å². The summed E-state index contributed by atoms with van der Waals surface area (Å²) >= 11 is 0. The molecule has 0 unspecified atom stereocenters. The second-order valence-corrected chi connectivity index (χ2v) is 5.86. The lowest BCUT2D eigenvalue weighted by atomic mass is 9.77. The molecule has 1 aromatic heterocycles. The van der Waals surface area contributed by atoms with E-state index in [1.54, 1.807) is 0 Å². The summed E-state index contributed by atoms with van der Waals surface area (Å²) in [6.07, 6.45) is 2.26. The zero-order valence-electron chi connectivity index (χ0n) is 11.0. The van der Waals surface area contributed by atoms with E-state index in [0.717, 1.165) is 6.42 Å². The van der Waals surface area contributed by atoms with Gasteiger partial charge < -0.3 is 9.63 Å². The molecule has 100 valence electrons. The lowest BCUT2D eigenvalue weighted by Gasteiger charge is -2.38. The number of carboxylic acids is 1. The summed E-state index contributed by atoms with van der Waals surface area (Å²) in [5.74, 6) is 0.276. The molecule has 0 bridgehead atoms. The van der Waals surface area contributed by atoms with Crippen molar-refractivity contribution in [3.63, 3.8) is 0 Å². The van der Waals surface area contributed by atoms with Crippen LogP contribution in [-0.4, -0.2) is 26.8 Å². The first kappa shape index (κ1) is 13.0. The predicted octanol–water partition coefficient (Wildman–Crippen LogP) is 1.46. The quantitative estimate of drug-likeness (QED) is 0.844. The summed E-state index contributed by atoms with van der Waals surface area (Å²) in [6, 6.07) is 0. The van der Waals surface area contributed by atoms with Crippen LogP contribution in [0.5, 0.6) is 0 Å². The maximum atomic E-state index is 11.2. The van der Waals surface area contributed by atoms with Crippen molar-refractivity contribution in [1.29, 1.82) is 0 Å². The van der Waals surface area contributed by atoms with Gasteiger partial charge in [-0.05, 0) is 19.3 Å². The molecule has 1 aliphatic carbocycles. The average molecular weight is 253 g/mol. The molecule has 18 heavy (non-hydrogen) atoms. The van der Waals surface area contributed by atoms with E-state index in [4.69, 9.17) is 9.63 Å². The Balaban J connectivity index is 1.98. The van der Waals surface area contributed by atoms with Crippen molar-refractivity contribution in [2.24, 2.45) is 0 Å². The zero-order valence-corrected chi connectivity index (χ0v) is 11.0. The Kier molecular flexibility index (Phi) is 3.14. The van der Waals surface area contributed by atoms with E-state index in [-0.39, 0.29) is 5.41 Å². The van der Waals surface area contributed by atoms with E-state index >= 15 is 0 Å². The molecule has 0 radical (unpaired) electrons. The number of nitrogens with one attached hydrogen (secondary N) is 1. The summed E-state index contributed by atoms with van der Waals surface area (Å²) in [5.41, 5.74) is -0.977. The first-order valence-corrected chi connectivity index (χ1v) is 6.15. The molecule has 1 aromatic rings. The molecule has 6 heteroatoms. The third-order valence-electron chi connectivity index (χ3n) is 3.31. The lowest BCUT2D eigenvalue weighted by Crippen LogP contribution is -2.56. The van der Waals surface area contributed by atoms with Crippen LogP contribution in [0.25, 0.3) is 0 Å². The molecule has 1 aliphatic rings. The third kappa shape index (κ3) is 2.38. The Labute approximate surface area is 106 Å². The topological polar surface area (TPSA) is 88.2 Å². The Hall–Kier alpha value is -1.43. The molecule has 0 amide bonds. The number of carbonyl (C=O) groups is 1. The van der Waals surface area contributed by atoms with Gasteiger partial charge in [0.15, 0.2) is 5.82 Å². The zero-order chi connectivity index (χ0) is 13.4. The van der Waals surface area contributed by atoms with Crippen molar-refractivity contribution in [2.75, 3.05) is 0 Å². The van der Waals surface area contributed by atoms with Gasteiger partial charge in [0.25, 0.3) is 0 Å². The summed E-state index contributed by atoms with van der Waals surface area (Å²) in [7, 11) is 0. The maximum absolute atomic E-state index is 11.2. The first-order valence-electron chi connectivity index (χ1n) is 6.15. The fourth-order valence-corrected chi connectivity index (χ4v) is 1.88. The molecule has 1 fully saturated rings. The van der Waals surface area contributed by atoms with Gasteiger partial charge in [-0.2, -0.15) is 4.98 Å².